The van der Waals surface area contributed by atoms with Crippen LogP contribution in [0.15, 0.2) is 30.3 Å². The molecular formula is C17H21F2NO3. The number of carbonyl (C=O) groups is 1. The van der Waals surface area contributed by atoms with Gasteiger partial charge in [0.1, 0.15) is 5.75 Å². The van der Waals surface area contributed by atoms with Crippen molar-refractivity contribution in [2.24, 2.45) is 5.92 Å². The number of rotatable bonds is 6. The van der Waals surface area contributed by atoms with E-state index in [1.54, 1.807) is 18.2 Å². The van der Waals surface area contributed by atoms with Gasteiger partial charge in [-0.15, -0.1) is 0 Å². The van der Waals surface area contributed by atoms with Gasteiger partial charge in [0.2, 0.25) is 5.91 Å². The Labute approximate surface area is 134 Å². The Hall–Kier alpha value is -1.95. The molecule has 1 fully saturated rings. The molecule has 126 valence electrons. The number of alkyl halides is 2. The van der Waals surface area contributed by atoms with Gasteiger partial charge in [0.15, 0.2) is 0 Å². The normalized spacial score (nSPS) is 21.6. The Balaban J connectivity index is 1.89. The molecule has 0 saturated heterocycles. The fourth-order valence-corrected chi connectivity index (χ4v) is 2.73. The molecule has 0 atom stereocenters. The van der Waals surface area contributed by atoms with Gasteiger partial charge in [-0.2, -0.15) is 8.78 Å². The van der Waals surface area contributed by atoms with Gasteiger partial charge in [-0.1, -0.05) is 18.2 Å². The Kier molecular flexibility index (Phi) is 6.52. The van der Waals surface area contributed by atoms with E-state index in [2.05, 4.69) is 10.1 Å². The van der Waals surface area contributed by atoms with Gasteiger partial charge in [-0.05, 0) is 43.7 Å². The summed E-state index contributed by atoms with van der Waals surface area (Å²) in [5.74, 6) is 0.108. The van der Waals surface area contributed by atoms with Crippen molar-refractivity contribution in [2.45, 2.75) is 38.3 Å². The fourth-order valence-electron chi connectivity index (χ4n) is 2.73. The lowest BCUT2D eigenvalue weighted by molar-refractivity contribution is -0.117. The van der Waals surface area contributed by atoms with E-state index in [9.17, 15) is 13.6 Å². The molecule has 0 aliphatic heterocycles. The molecule has 1 saturated carbocycles. The third-order valence-electron chi connectivity index (χ3n) is 4.00. The Morgan fingerprint density at radius 2 is 2.00 bits per heavy atom. The van der Waals surface area contributed by atoms with E-state index in [-0.39, 0.29) is 24.3 Å². The maximum atomic E-state index is 12.3. The predicted octanol–water partition coefficient (Wildman–Crippen LogP) is 2.97. The van der Waals surface area contributed by atoms with E-state index in [0.29, 0.717) is 11.5 Å². The van der Waals surface area contributed by atoms with Crippen molar-refractivity contribution in [1.82, 2.24) is 5.32 Å². The molecule has 0 radical (unpaired) electrons. The molecule has 0 bridgehead atoms. The number of amides is 1. The van der Waals surface area contributed by atoms with Crippen LogP contribution < -0.4 is 10.1 Å². The molecule has 1 aromatic rings. The van der Waals surface area contributed by atoms with Gasteiger partial charge >= 0.3 is 6.61 Å². The number of hydrogen-bond acceptors (Lipinski definition) is 3. The number of ether oxygens (including phenoxy) is 1. The Bertz CT molecular complexity index is 540. The summed E-state index contributed by atoms with van der Waals surface area (Å²) in [4.78, 5) is 11.9. The molecule has 0 aromatic heterocycles. The van der Waals surface area contributed by atoms with Crippen LogP contribution in [0.2, 0.25) is 0 Å². The molecule has 23 heavy (non-hydrogen) atoms. The van der Waals surface area contributed by atoms with Crippen molar-refractivity contribution in [3.05, 3.63) is 35.9 Å². The first-order chi connectivity index (χ1) is 11.1. The monoisotopic (exact) mass is 325 g/mol. The van der Waals surface area contributed by atoms with Crippen LogP contribution in [0.1, 0.15) is 31.2 Å². The van der Waals surface area contributed by atoms with Crippen LogP contribution in [0.25, 0.3) is 6.08 Å². The van der Waals surface area contributed by atoms with Gasteiger partial charge in [0.05, 0.1) is 0 Å². The number of nitrogens with one attached hydrogen (secondary N) is 1. The van der Waals surface area contributed by atoms with Crippen LogP contribution in [0.4, 0.5) is 8.78 Å². The average Bonchev–Trinajstić information content (AvgIpc) is 2.54. The highest BCUT2D eigenvalue weighted by Gasteiger charge is 2.21. The standard InChI is InChI=1S/C17H21F2NO3/c18-17(19)23-15-4-2-1-3-13(15)7-10-16(22)20-14-8-5-12(11-21)6-9-14/h1-4,7,10,12,14,17,21H,5-6,8-9,11H2,(H,20,22)/b10-7+. The van der Waals surface area contributed by atoms with Crippen LogP contribution in [0.5, 0.6) is 5.75 Å². The number of para-hydroxylation sites is 1. The minimum atomic E-state index is -2.90. The van der Waals surface area contributed by atoms with Crippen LogP contribution in [0, 0.1) is 5.92 Å². The van der Waals surface area contributed by atoms with E-state index < -0.39 is 6.61 Å². The lowest BCUT2D eigenvalue weighted by Crippen LogP contribution is -2.37. The second-order valence-corrected chi connectivity index (χ2v) is 5.66. The van der Waals surface area contributed by atoms with Crippen molar-refractivity contribution in [1.29, 1.82) is 0 Å². The van der Waals surface area contributed by atoms with E-state index in [4.69, 9.17) is 5.11 Å². The van der Waals surface area contributed by atoms with Crippen molar-refractivity contribution in [2.75, 3.05) is 6.61 Å². The first kappa shape index (κ1) is 17.4. The number of aliphatic hydroxyl groups excluding tert-OH is 1. The topological polar surface area (TPSA) is 58.6 Å². The lowest BCUT2D eigenvalue weighted by atomic mass is 9.86. The molecule has 0 heterocycles. The summed E-state index contributed by atoms with van der Waals surface area (Å²) in [5, 5.41) is 12.0. The number of aliphatic hydroxyl groups is 1. The second-order valence-electron chi connectivity index (χ2n) is 5.66. The molecule has 2 rings (SSSR count). The smallest absolute Gasteiger partial charge is 0.387 e. The molecular weight excluding hydrogens is 304 g/mol. The zero-order valence-electron chi connectivity index (χ0n) is 12.8. The molecule has 0 unspecified atom stereocenters. The van der Waals surface area contributed by atoms with E-state index in [1.807, 2.05) is 0 Å². The zero-order chi connectivity index (χ0) is 16.7. The van der Waals surface area contributed by atoms with E-state index in [0.717, 1.165) is 25.7 Å². The zero-order valence-corrected chi connectivity index (χ0v) is 12.8. The van der Waals surface area contributed by atoms with Crippen molar-refractivity contribution < 1.29 is 23.4 Å². The Morgan fingerprint density at radius 1 is 1.30 bits per heavy atom. The van der Waals surface area contributed by atoms with Crippen molar-refractivity contribution in [3.63, 3.8) is 0 Å². The highest BCUT2D eigenvalue weighted by Crippen LogP contribution is 2.24. The SMILES string of the molecule is O=C(/C=C/c1ccccc1OC(F)F)NC1CCC(CO)CC1. The van der Waals surface area contributed by atoms with Gasteiger partial charge in [-0.3, -0.25) is 4.79 Å². The van der Waals surface area contributed by atoms with Gasteiger partial charge in [-0.25, -0.2) is 0 Å². The van der Waals surface area contributed by atoms with Gasteiger partial charge in [0.25, 0.3) is 0 Å². The molecule has 6 heteroatoms. The Morgan fingerprint density at radius 3 is 2.65 bits per heavy atom. The maximum absolute atomic E-state index is 12.3. The lowest BCUT2D eigenvalue weighted by Gasteiger charge is -2.27. The fraction of sp³-hybridized carbons (Fsp3) is 0.471. The minimum absolute atomic E-state index is 0.0370. The number of carbonyl (C=O) groups excluding carboxylic acids is 1. The van der Waals surface area contributed by atoms with Crippen LogP contribution >= 0.6 is 0 Å². The molecule has 1 amide bonds. The third kappa shape index (κ3) is 5.63. The summed E-state index contributed by atoms with van der Waals surface area (Å²) in [5.41, 5.74) is 0.423. The van der Waals surface area contributed by atoms with Crippen molar-refractivity contribution in [3.8, 4) is 5.75 Å². The largest absolute Gasteiger partial charge is 0.434 e. The summed E-state index contributed by atoms with van der Waals surface area (Å²) in [6.07, 6.45) is 6.27. The highest BCUT2D eigenvalue weighted by molar-refractivity contribution is 5.92. The molecule has 1 aromatic carbocycles. The minimum Gasteiger partial charge on any atom is -0.434 e. The number of benzene rings is 1. The summed E-state index contributed by atoms with van der Waals surface area (Å²) in [6, 6.07) is 6.41. The summed E-state index contributed by atoms with van der Waals surface area (Å²) >= 11 is 0. The first-order valence-electron chi connectivity index (χ1n) is 7.71. The predicted molar refractivity (Wildman–Crippen MR) is 83.1 cm³/mol. The molecule has 1 aliphatic carbocycles. The van der Waals surface area contributed by atoms with Crippen LogP contribution in [0.3, 0.4) is 0 Å². The van der Waals surface area contributed by atoms with Crippen LogP contribution in [-0.4, -0.2) is 30.3 Å². The number of hydrogen-bond donors (Lipinski definition) is 2. The second kappa shape index (κ2) is 8.62. The molecule has 1 aliphatic rings. The number of halogens is 2. The summed E-state index contributed by atoms with van der Waals surface area (Å²) in [7, 11) is 0. The quantitative estimate of drug-likeness (QED) is 0.791. The molecule has 2 N–H and O–H groups in total. The van der Waals surface area contributed by atoms with Crippen LogP contribution in [-0.2, 0) is 4.79 Å². The van der Waals surface area contributed by atoms with E-state index >= 15 is 0 Å². The van der Waals surface area contributed by atoms with E-state index in [1.165, 1.54) is 18.2 Å². The molecule has 4 nitrogen and oxygen atoms in total. The van der Waals surface area contributed by atoms with Gasteiger partial charge < -0.3 is 15.2 Å². The first-order valence-corrected chi connectivity index (χ1v) is 7.71. The van der Waals surface area contributed by atoms with Gasteiger partial charge in [0, 0.05) is 24.3 Å². The summed E-state index contributed by atoms with van der Waals surface area (Å²) in [6.45, 7) is -2.71. The summed E-state index contributed by atoms with van der Waals surface area (Å²) < 4.78 is 29.1. The average molecular weight is 325 g/mol. The maximum Gasteiger partial charge on any atom is 0.387 e. The highest BCUT2D eigenvalue weighted by atomic mass is 19.3. The molecule has 0 spiro atoms. The van der Waals surface area contributed by atoms with Crippen molar-refractivity contribution >= 4 is 12.0 Å². The third-order valence-corrected chi connectivity index (χ3v) is 4.00.